The maximum Gasteiger partial charge on any atom is 0.167 e. The molecular formula is C32H32F2O. The molecule has 0 N–H and O–H groups in total. The maximum absolute atomic E-state index is 14.7. The summed E-state index contributed by atoms with van der Waals surface area (Å²) in [5.74, 6) is -1.13. The highest BCUT2D eigenvalue weighted by Gasteiger charge is 2.17. The Kier molecular flexibility index (Phi) is 7.97. The third kappa shape index (κ3) is 5.62. The molecule has 35 heavy (non-hydrogen) atoms. The van der Waals surface area contributed by atoms with Gasteiger partial charge in [-0.3, -0.25) is 0 Å². The van der Waals surface area contributed by atoms with Gasteiger partial charge < -0.3 is 4.74 Å². The van der Waals surface area contributed by atoms with Crippen molar-refractivity contribution < 1.29 is 13.5 Å². The molecule has 0 atom stereocenters. The van der Waals surface area contributed by atoms with E-state index in [1.165, 1.54) is 30.4 Å². The summed E-state index contributed by atoms with van der Waals surface area (Å²) in [6, 6.07) is 26.0. The Bertz CT molecular complexity index is 1270. The van der Waals surface area contributed by atoms with Gasteiger partial charge in [0.05, 0.1) is 6.61 Å². The number of aryl methyl sites for hydroxylation is 2. The molecule has 0 spiro atoms. The normalized spacial score (nSPS) is 11.0. The molecule has 4 aromatic rings. The number of rotatable bonds is 9. The molecule has 0 fully saturated rings. The molecule has 0 heterocycles. The maximum atomic E-state index is 14.7. The van der Waals surface area contributed by atoms with Gasteiger partial charge >= 0.3 is 0 Å². The highest BCUT2D eigenvalue weighted by molar-refractivity contribution is 5.78. The van der Waals surface area contributed by atoms with Crippen molar-refractivity contribution in [2.45, 2.75) is 46.5 Å². The molecule has 1 nitrogen and oxygen atoms in total. The number of hydrogen-bond acceptors (Lipinski definition) is 1. The number of halogens is 2. The fourth-order valence-electron chi connectivity index (χ4n) is 4.35. The van der Waals surface area contributed by atoms with Crippen LogP contribution in [-0.4, -0.2) is 6.61 Å². The Balaban J connectivity index is 1.59. The molecule has 0 aromatic heterocycles. The summed E-state index contributed by atoms with van der Waals surface area (Å²) in [6.45, 7) is 6.09. The van der Waals surface area contributed by atoms with Gasteiger partial charge in [0, 0.05) is 11.1 Å². The lowest BCUT2D eigenvalue weighted by molar-refractivity contribution is 0.341. The lowest BCUT2D eigenvalue weighted by atomic mass is 9.96. The summed E-state index contributed by atoms with van der Waals surface area (Å²) in [6.07, 6.45) is 4.87. The summed E-state index contributed by atoms with van der Waals surface area (Å²) in [7, 11) is 0. The number of unbranched alkanes of at least 4 members (excludes halogenated alkanes) is 2. The Labute approximate surface area is 207 Å². The van der Waals surface area contributed by atoms with Gasteiger partial charge in [0.25, 0.3) is 0 Å². The van der Waals surface area contributed by atoms with Crippen molar-refractivity contribution in [2.75, 3.05) is 6.61 Å². The summed E-state index contributed by atoms with van der Waals surface area (Å²) in [5.41, 5.74) is 6.76. The predicted octanol–water partition coefficient (Wildman–Crippen LogP) is 9.41. The third-order valence-electron chi connectivity index (χ3n) is 6.42. The molecule has 0 bridgehead atoms. The van der Waals surface area contributed by atoms with Crippen LogP contribution in [0.25, 0.3) is 33.4 Å². The van der Waals surface area contributed by atoms with E-state index in [1.54, 1.807) is 25.1 Å². The standard InChI is InChI=1S/C32H32F2O/c1-4-6-7-8-23-10-12-24(13-11-23)25-14-16-26(17-15-25)27-18-20-28(30(21-27)35-5-2)29-19-9-22(3)31(33)32(29)34/h9-21H,4-8H2,1-3H3. The molecule has 4 rings (SSSR count). The molecule has 0 unspecified atom stereocenters. The Hall–Kier alpha value is -3.46. The van der Waals surface area contributed by atoms with Crippen LogP contribution in [0, 0.1) is 18.6 Å². The van der Waals surface area contributed by atoms with Crippen molar-refractivity contribution in [3.63, 3.8) is 0 Å². The van der Waals surface area contributed by atoms with E-state index in [-0.39, 0.29) is 11.1 Å². The zero-order valence-corrected chi connectivity index (χ0v) is 20.7. The Morgan fingerprint density at radius 2 is 1.20 bits per heavy atom. The van der Waals surface area contributed by atoms with Gasteiger partial charge in [-0.2, -0.15) is 0 Å². The molecule has 0 saturated carbocycles. The smallest absolute Gasteiger partial charge is 0.167 e. The van der Waals surface area contributed by atoms with Crippen LogP contribution in [0.3, 0.4) is 0 Å². The molecule has 0 radical (unpaired) electrons. The molecule has 180 valence electrons. The van der Waals surface area contributed by atoms with Gasteiger partial charge in [-0.25, -0.2) is 8.78 Å². The minimum Gasteiger partial charge on any atom is -0.493 e. The summed E-state index contributed by atoms with van der Waals surface area (Å²) in [4.78, 5) is 0. The van der Waals surface area contributed by atoms with E-state index in [9.17, 15) is 8.78 Å². The van der Waals surface area contributed by atoms with E-state index >= 15 is 0 Å². The molecule has 3 heteroatoms. The van der Waals surface area contributed by atoms with Crippen LogP contribution in [0.2, 0.25) is 0 Å². The van der Waals surface area contributed by atoms with Crippen LogP contribution in [0.1, 0.15) is 44.2 Å². The van der Waals surface area contributed by atoms with Crippen molar-refractivity contribution in [3.8, 4) is 39.1 Å². The summed E-state index contributed by atoms with van der Waals surface area (Å²) < 4.78 is 34.7. The van der Waals surface area contributed by atoms with E-state index in [4.69, 9.17) is 4.74 Å². The first-order valence-electron chi connectivity index (χ1n) is 12.4. The van der Waals surface area contributed by atoms with Crippen molar-refractivity contribution in [2.24, 2.45) is 0 Å². The highest BCUT2D eigenvalue weighted by atomic mass is 19.2. The van der Waals surface area contributed by atoms with E-state index in [2.05, 4.69) is 55.5 Å². The monoisotopic (exact) mass is 470 g/mol. The second-order valence-corrected chi connectivity index (χ2v) is 8.93. The topological polar surface area (TPSA) is 9.23 Å². The van der Waals surface area contributed by atoms with Crippen LogP contribution in [0.4, 0.5) is 8.78 Å². The quantitative estimate of drug-likeness (QED) is 0.221. The fraction of sp³-hybridized carbons (Fsp3) is 0.250. The Morgan fingerprint density at radius 3 is 1.83 bits per heavy atom. The van der Waals surface area contributed by atoms with Crippen molar-refractivity contribution in [3.05, 3.63) is 102 Å². The van der Waals surface area contributed by atoms with E-state index in [0.717, 1.165) is 23.1 Å². The fourth-order valence-corrected chi connectivity index (χ4v) is 4.35. The molecular weight excluding hydrogens is 438 g/mol. The van der Waals surface area contributed by atoms with Crippen molar-refractivity contribution >= 4 is 0 Å². The van der Waals surface area contributed by atoms with Gasteiger partial charge in [0.1, 0.15) is 5.75 Å². The van der Waals surface area contributed by atoms with Gasteiger partial charge in [0.15, 0.2) is 11.6 Å². The molecule has 0 aliphatic carbocycles. The minimum absolute atomic E-state index is 0.205. The van der Waals surface area contributed by atoms with E-state index in [1.807, 2.05) is 19.1 Å². The summed E-state index contributed by atoms with van der Waals surface area (Å²) in [5, 5.41) is 0. The van der Waals surface area contributed by atoms with Crippen LogP contribution < -0.4 is 4.74 Å². The highest BCUT2D eigenvalue weighted by Crippen LogP contribution is 2.37. The molecule has 0 aliphatic rings. The number of benzene rings is 4. The largest absolute Gasteiger partial charge is 0.493 e. The second kappa shape index (κ2) is 11.3. The molecule has 0 amide bonds. The number of hydrogen-bond donors (Lipinski definition) is 0. The first kappa shape index (κ1) is 24.7. The first-order chi connectivity index (χ1) is 17.0. The van der Waals surface area contributed by atoms with Crippen LogP contribution in [-0.2, 0) is 6.42 Å². The van der Waals surface area contributed by atoms with Gasteiger partial charge in [-0.15, -0.1) is 0 Å². The molecule has 4 aromatic carbocycles. The van der Waals surface area contributed by atoms with Crippen LogP contribution in [0.15, 0.2) is 78.9 Å². The molecule has 0 saturated heterocycles. The Morgan fingerprint density at radius 1 is 0.629 bits per heavy atom. The number of ether oxygens (including phenoxy) is 1. The lowest BCUT2D eigenvalue weighted by Crippen LogP contribution is -1.98. The van der Waals surface area contributed by atoms with Crippen molar-refractivity contribution in [1.82, 2.24) is 0 Å². The average Bonchev–Trinajstić information content (AvgIpc) is 2.89. The van der Waals surface area contributed by atoms with Gasteiger partial charge in [0.2, 0.25) is 0 Å². The zero-order valence-electron chi connectivity index (χ0n) is 20.7. The van der Waals surface area contributed by atoms with E-state index in [0.29, 0.717) is 17.9 Å². The minimum atomic E-state index is -0.848. The van der Waals surface area contributed by atoms with E-state index < -0.39 is 11.6 Å². The zero-order chi connectivity index (χ0) is 24.8. The lowest BCUT2D eigenvalue weighted by Gasteiger charge is -2.14. The van der Waals surface area contributed by atoms with Gasteiger partial charge in [-0.1, -0.05) is 86.5 Å². The van der Waals surface area contributed by atoms with Crippen LogP contribution in [0.5, 0.6) is 5.75 Å². The SMILES string of the molecule is CCCCCc1ccc(-c2ccc(-c3ccc(-c4ccc(C)c(F)c4F)c(OCC)c3)cc2)cc1. The first-order valence-corrected chi connectivity index (χ1v) is 12.4. The average molecular weight is 471 g/mol. The third-order valence-corrected chi connectivity index (χ3v) is 6.42. The predicted molar refractivity (Wildman–Crippen MR) is 142 cm³/mol. The van der Waals surface area contributed by atoms with Crippen LogP contribution >= 0.6 is 0 Å². The van der Waals surface area contributed by atoms with Gasteiger partial charge in [-0.05, 0) is 72.2 Å². The summed E-state index contributed by atoms with van der Waals surface area (Å²) >= 11 is 0. The molecule has 0 aliphatic heterocycles. The van der Waals surface area contributed by atoms with Crippen molar-refractivity contribution in [1.29, 1.82) is 0 Å². The second-order valence-electron chi connectivity index (χ2n) is 8.93.